The van der Waals surface area contributed by atoms with Crippen LogP contribution in [0.15, 0.2) is 29.2 Å². The molecular formula is C9H10FNO3S. The average Bonchev–Trinajstić information content (AvgIpc) is 2.18. The van der Waals surface area contributed by atoms with Crippen molar-refractivity contribution in [3.05, 3.63) is 30.1 Å². The Morgan fingerprint density at radius 2 is 2.13 bits per heavy atom. The van der Waals surface area contributed by atoms with Crippen LogP contribution in [0.5, 0.6) is 0 Å². The van der Waals surface area contributed by atoms with E-state index in [-0.39, 0.29) is 11.4 Å². The molecule has 3 N–H and O–H groups in total. The second-order valence-electron chi connectivity index (χ2n) is 2.79. The van der Waals surface area contributed by atoms with Crippen LogP contribution in [-0.2, 0) is 15.6 Å². The van der Waals surface area contributed by atoms with Gasteiger partial charge in [0.1, 0.15) is 11.1 Å². The summed E-state index contributed by atoms with van der Waals surface area (Å²) in [6, 6.07) is 5.35. The molecule has 0 fully saturated rings. The molecule has 0 radical (unpaired) electrons. The van der Waals surface area contributed by atoms with Crippen molar-refractivity contribution in [3.63, 3.8) is 0 Å². The largest absolute Gasteiger partial charge is 0.480 e. The van der Waals surface area contributed by atoms with E-state index in [1.165, 1.54) is 18.2 Å². The molecule has 2 atom stereocenters. The molecule has 0 saturated heterocycles. The number of aliphatic carboxylic acids is 1. The summed E-state index contributed by atoms with van der Waals surface area (Å²) in [6.45, 7) is -0.295. The Morgan fingerprint density at radius 3 is 2.60 bits per heavy atom. The maximum atomic E-state index is 13.2. The fourth-order valence-electron chi connectivity index (χ4n) is 1.04. The monoisotopic (exact) mass is 231 g/mol. The van der Waals surface area contributed by atoms with Crippen LogP contribution in [0.2, 0.25) is 0 Å². The van der Waals surface area contributed by atoms with Gasteiger partial charge < -0.3 is 10.8 Å². The van der Waals surface area contributed by atoms with Crippen molar-refractivity contribution in [2.24, 2.45) is 5.73 Å². The van der Waals surface area contributed by atoms with Crippen LogP contribution in [0, 0.1) is 5.82 Å². The molecule has 1 aromatic carbocycles. The van der Waals surface area contributed by atoms with Crippen molar-refractivity contribution in [1.82, 2.24) is 0 Å². The van der Waals surface area contributed by atoms with Gasteiger partial charge in [-0.1, -0.05) is 12.1 Å². The Bertz CT molecular complexity index is 397. The van der Waals surface area contributed by atoms with Crippen molar-refractivity contribution in [3.8, 4) is 0 Å². The van der Waals surface area contributed by atoms with Gasteiger partial charge in [-0.3, -0.25) is 9.00 Å². The maximum absolute atomic E-state index is 13.2. The molecular weight excluding hydrogens is 221 g/mol. The first-order valence-electron chi connectivity index (χ1n) is 4.16. The van der Waals surface area contributed by atoms with Crippen LogP contribution >= 0.6 is 0 Å². The zero-order valence-electron chi connectivity index (χ0n) is 7.72. The van der Waals surface area contributed by atoms with Crippen molar-refractivity contribution in [1.29, 1.82) is 0 Å². The minimum absolute atomic E-state index is 0.129. The van der Waals surface area contributed by atoms with E-state index in [4.69, 9.17) is 10.8 Å². The van der Waals surface area contributed by atoms with E-state index in [1.807, 2.05) is 0 Å². The second kappa shape index (κ2) is 4.99. The molecule has 4 nitrogen and oxygen atoms in total. The first kappa shape index (κ1) is 11.8. The van der Waals surface area contributed by atoms with E-state index in [9.17, 15) is 13.4 Å². The molecule has 0 heterocycles. The molecule has 15 heavy (non-hydrogen) atoms. The topological polar surface area (TPSA) is 80.4 Å². The van der Waals surface area contributed by atoms with Gasteiger partial charge >= 0.3 is 5.97 Å². The van der Waals surface area contributed by atoms with Crippen molar-refractivity contribution in [2.45, 2.75) is 10.1 Å². The molecule has 1 rings (SSSR count). The van der Waals surface area contributed by atoms with Gasteiger partial charge in [-0.05, 0) is 12.1 Å². The number of carboxylic acid groups (broad SMARTS) is 1. The van der Waals surface area contributed by atoms with Crippen LogP contribution in [0.25, 0.3) is 0 Å². The molecule has 0 aliphatic heterocycles. The molecule has 2 unspecified atom stereocenters. The summed E-state index contributed by atoms with van der Waals surface area (Å²) >= 11 is 0. The number of benzene rings is 1. The van der Waals surface area contributed by atoms with Gasteiger partial charge in [0.2, 0.25) is 0 Å². The maximum Gasteiger partial charge on any atom is 0.320 e. The van der Waals surface area contributed by atoms with Gasteiger partial charge in [0.25, 0.3) is 0 Å². The lowest BCUT2D eigenvalue weighted by Crippen LogP contribution is -2.33. The molecule has 0 saturated carbocycles. The number of rotatable bonds is 4. The summed E-state index contributed by atoms with van der Waals surface area (Å²) in [5.41, 5.74) is 5.17. The number of hydrogen-bond acceptors (Lipinski definition) is 3. The molecule has 82 valence electrons. The first-order chi connectivity index (χ1) is 7.07. The molecule has 0 amide bonds. The Morgan fingerprint density at radius 1 is 1.53 bits per heavy atom. The van der Waals surface area contributed by atoms with E-state index in [0.717, 1.165) is 6.07 Å². The van der Waals surface area contributed by atoms with Gasteiger partial charge in [0, 0.05) is 6.54 Å². The smallest absolute Gasteiger partial charge is 0.320 e. The average molecular weight is 231 g/mol. The number of hydrogen-bond donors (Lipinski definition) is 2. The summed E-state index contributed by atoms with van der Waals surface area (Å²) in [6.07, 6.45) is 0. The minimum atomic E-state index is -1.96. The summed E-state index contributed by atoms with van der Waals surface area (Å²) < 4.78 is 24.8. The zero-order chi connectivity index (χ0) is 11.4. The highest BCUT2D eigenvalue weighted by Gasteiger charge is 2.26. The number of nitrogens with two attached hydrogens (primary N) is 1. The lowest BCUT2D eigenvalue weighted by atomic mass is 10.3. The normalized spacial score (nSPS) is 14.5. The van der Waals surface area contributed by atoms with Gasteiger partial charge in [-0.15, -0.1) is 0 Å². The highest BCUT2D eigenvalue weighted by Crippen LogP contribution is 2.15. The third-order valence-electron chi connectivity index (χ3n) is 1.80. The predicted molar refractivity (Wildman–Crippen MR) is 53.3 cm³/mol. The van der Waals surface area contributed by atoms with Gasteiger partial charge in [0.15, 0.2) is 0 Å². The van der Waals surface area contributed by atoms with E-state index >= 15 is 0 Å². The summed E-state index contributed by atoms with van der Waals surface area (Å²) in [5.74, 6) is -1.98. The Labute approximate surface area is 88.4 Å². The Balaban J connectivity index is 3.03. The molecule has 1 aromatic rings. The van der Waals surface area contributed by atoms with E-state index < -0.39 is 27.8 Å². The number of halogens is 1. The molecule has 0 aliphatic rings. The summed E-state index contributed by atoms with van der Waals surface area (Å²) in [4.78, 5) is 10.5. The quantitative estimate of drug-likeness (QED) is 0.783. The zero-order valence-corrected chi connectivity index (χ0v) is 8.54. The third kappa shape index (κ3) is 2.60. The van der Waals surface area contributed by atoms with Crippen molar-refractivity contribution in [2.75, 3.05) is 6.54 Å². The van der Waals surface area contributed by atoms with Crippen LogP contribution in [-0.4, -0.2) is 27.1 Å². The minimum Gasteiger partial charge on any atom is -0.480 e. The Hall–Kier alpha value is -1.27. The van der Waals surface area contributed by atoms with E-state index in [2.05, 4.69) is 0 Å². The van der Waals surface area contributed by atoms with Crippen molar-refractivity contribution < 1.29 is 18.5 Å². The first-order valence-corrected chi connectivity index (χ1v) is 5.37. The number of carbonyl (C=O) groups is 1. The SMILES string of the molecule is NCC(C(=O)O)S(=O)c1ccccc1F. The predicted octanol–water partition coefficient (Wildman–Crippen LogP) is 0.345. The molecule has 6 heteroatoms. The van der Waals surface area contributed by atoms with Crippen LogP contribution in [0.3, 0.4) is 0 Å². The summed E-state index contributed by atoms with van der Waals surface area (Å²) in [7, 11) is -1.96. The van der Waals surface area contributed by atoms with Crippen LogP contribution < -0.4 is 5.73 Å². The van der Waals surface area contributed by atoms with Gasteiger partial charge in [-0.25, -0.2) is 4.39 Å². The standard InChI is InChI=1S/C9H10FNO3S/c10-6-3-1-2-4-7(6)15(14)8(5-11)9(12)13/h1-4,8H,5,11H2,(H,12,13). The third-order valence-corrected chi connectivity index (χ3v) is 3.48. The molecule has 0 aliphatic carbocycles. The Kier molecular flexibility index (Phi) is 3.93. The van der Waals surface area contributed by atoms with Gasteiger partial charge in [-0.2, -0.15) is 0 Å². The summed E-state index contributed by atoms with van der Waals surface area (Å²) in [5, 5.41) is 7.42. The van der Waals surface area contributed by atoms with E-state index in [1.54, 1.807) is 0 Å². The fourth-order valence-corrected chi connectivity index (χ4v) is 2.18. The number of carboxylic acids is 1. The van der Waals surface area contributed by atoms with E-state index in [0.29, 0.717) is 0 Å². The molecule has 0 spiro atoms. The highest BCUT2D eigenvalue weighted by atomic mass is 32.2. The fraction of sp³-hybridized carbons (Fsp3) is 0.222. The van der Waals surface area contributed by atoms with Gasteiger partial charge in [0.05, 0.1) is 15.7 Å². The van der Waals surface area contributed by atoms with Crippen molar-refractivity contribution >= 4 is 16.8 Å². The van der Waals surface area contributed by atoms with Crippen LogP contribution in [0.1, 0.15) is 0 Å². The lowest BCUT2D eigenvalue weighted by molar-refractivity contribution is -0.136. The van der Waals surface area contributed by atoms with Crippen LogP contribution in [0.4, 0.5) is 4.39 Å². The lowest BCUT2D eigenvalue weighted by Gasteiger charge is -2.09. The molecule has 0 aromatic heterocycles. The second-order valence-corrected chi connectivity index (χ2v) is 4.39. The highest BCUT2D eigenvalue weighted by molar-refractivity contribution is 7.86. The molecule has 0 bridgehead atoms.